The Labute approximate surface area is 130 Å². The summed E-state index contributed by atoms with van der Waals surface area (Å²) in [5.41, 5.74) is 1.09. The van der Waals surface area contributed by atoms with Gasteiger partial charge >= 0.3 is 6.03 Å². The molecular weight excluding hydrogens is 341 g/mol. The molecule has 21 heavy (non-hydrogen) atoms. The fraction of sp³-hybridized carbons (Fsp3) is 0.286. The zero-order chi connectivity index (χ0) is 15.4. The predicted molar refractivity (Wildman–Crippen MR) is 79.0 cm³/mol. The van der Waals surface area contributed by atoms with E-state index < -0.39 is 0 Å². The SMILES string of the molecule is Cc1cc(CN(C)C(=O)NCc2cc(Br)ccc2F)no1. The molecule has 2 rings (SSSR count). The molecule has 7 heteroatoms. The van der Waals surface area contributed by atoms with Crippen molar-refractivity contribution in [1.29, 1.82) is 0 Å². The van der Waals surface area contributed by atoms with Crippen LogP contribution in [0.15, 0.2) is 33.3 Å². The van der Waals surface area contributed by atoms with E-state index in [1.165, 1.54) is 11.0 Å². The molecule has 2 aromatic rings. The van der Waals surface area contributed by atoms with Gasteiger partial charge in [-0.05, 0) is 25.1 Å². The number of carbonyl (C=O) groups is 1. The second-order valence-corrected chi connectivity index (χ2v) is 5.60. The first kappa shape index (κ1) is 15.5. The lowest BCUT2D eigenvalue weighted by atomic mass is 10.2. The quantitative estimate of drug-likeness (QED) is 0.915. The topological polar surface area (TPSA) is 58.4 Å². The summed E-state index contributed by atoms with van der Waals surface area (Å²) in [6, 6.07) is 6.05. The highest BCUT2D eigenvalue weighted by Gasteiger charge is 2.12. The molecule has 0 bridgehead atoms. The van der Waals surface area contributed by atoms with E-state index in [0.717, 1.165) is 4.47 Å². The van der Waals surface area contributed by atoms with Crippen LogP contribution in [0, 0.1) is 12.7 Å². The first-order valence-electron chi connectivity index (χ1n) is 6.31. The van der Waals surface area contributed by atoms with Gasteiger partial charge in [-0.1, -0.05) is 21.1 Å². The highest BCUT2D eigenvalue weighted by molar-refractivity contribution is 9.10. The Morgan fingerprint density at radius 3 is 2.90 bits per heavy atom. The fourth-order valence-electron chi connectivity index (χ4n) is 1.79. The largest absolute Gasteiger partial charge is 0.361 e. The summed E-state index contributed by atoms with van der Waals surface area (Å²) in [5, 5.41) is 6.48. The number of urea groups is 1. The Morgan fingerprint density at radius 1 is 1.48 bits per heavy atom. The Balaban J connectivity index is 1.90. The maximum Gasteiger partial charge on any atom is 0.317 e. The molecular formula is C14H15BrFN3O2. The number of aromatic nitrogens is 1. The van der Waals surface area contributed by atoms with Crippen molar-refractivity contribution in [2.45, 2.75) is 20.0 Å². The molecule has 112 valence electrons. The van der Waals surface area contributed by atoms with E-state index in [-0.39, 0.29) is 18.4 Å². The van der Waals surface area contributed by atoms with Crippen LogP contribution < -0.4 is 5.32 Å². The summed E-state index contributed by atoms with van der Waals surface area (Å²) in [7, 11) is 1.64. The van der Waals surface area contributed by atoms with Crippen LogP contribution in [0.5, 0.6) is 0 Å². The van der Waals surface area contributed by atoms with Crippen molar-refractivity contribution < 1.29 is 13.7 Å². The van der Waals surface area contributed by atoms with E-state index in [4.69, 9.17) is 4.52 Å². The molecule has 2 amide bonds. The molecule has 0 radical (unpaired) electrons. The molecule has 1 aromatic carbocycles. The molecule has 1 heterocycles. The van der Waals surface area contributed by atoms with Crippen LogP contribution in [-0.4, -0.2) is 23.1 Å². The van der Waals surface area contributed by atoms with Crippen molar-refractivity contribution in [3.05, 3.63) is 51.6 Å². The van der Waals surface area contributed by atoms with Gasteiger partial charge in [0.25, 0.3) is 0 Å². The van der Waals surface area contributed by atoms with E-state index in [2.05, 4.69) is 26.4 Å². The van der Waals surface area contributed by atoms with E-state index in [0.29, 0.717) is 23.6 Å². The molecule has 0 aliphatic heterocycles. The van der Waals surface area contributed by atoms with Crippen molar-refractivity contribution in [3.8, 4) is 0 Å². The third-order valence-electron chi connectivity index (χ3n) is 2.86. The molecule has 0 fully saturated rings. The lowest BCUT2D eigenvalue weighted by Gasteiger charge is -2.16. The van der Waals surface area contributed by atoms with Crippen molar-refractivity contribution in [2.24, 2.45) is 0 Å². The number of hydrogen-bond acceptors (Lipinski definition) is 3. The van der Waals surface area contributed by atoms with Crippen LogP contribution in [0.3, 0.4) is 0 Å². The second kappa shape index (κ2) is 6.71. The van der Waals surface area contributed by atoms with Crippen molar-refractivity contribution in [3.63, 3.8) is 0 Å². The van der Waals surface area contributed by atoms with Gasteiger partial charge in [0.1, 0.15) is 17.3 Å². The summed E-state index contributed by atoms with van der Waals surface area (Å²) in [5.74, 6) is 0.336. The van der Waals surface area contributed by atoms with Gasteiger partial charge in [0, 0.05) is 29.7 Å². The third kappa shape index (κ3) is 4.29. The minimum absolute atomic E-state index is 0.117. The van der Waals surface area contributed by atoms with Crippen molar-refractivity contribution in [2.75, 3.05) is 7.05 Å². The van der Waals surface area contributed by atoms with Gasteiger partial charge in [-0.3, -0.25) is 0 Å². The molecule has 0 spiro atoms. The van der Waals surface area contributed by atoms with Gasteiger partial charge < -0.3 is 14.7 Å². The number of amides is 2. The minimum Gasteiger partial charge on any atom is -0.361 e. The van der Waals surface area contributed by atoms with E-state index in [1.807, 2.05) is 0 Å². The van der Waals surface area contributed by atoms with Crippen LogP contribution in [0.1, 0.15) is 17.0 Å². The molecule has 0 unspecified atom stereocenters. The highest BCUT2D eigenvalue weighted by atomic mass is 79.9. The summed E-state index contributed by atoms with van der Waals surface area (Å²) in [6.07, 6.45) is 0. The van der Waals surface area contributed by atoms with Gasteiger partial charge in [-0.25, -0.2) is 9.18 Å². The summed E-state index contributed by atoms with van der Waals surface area (Å²) in [6.45, 7) is 2.23. The number of benzene rings is 1. The smallest absolute Gasteiger partial charge is 0.317 e. The van der Waals surface area contributed by atoms with Crippen LogP contribution in [0.4, 0.5) is 9.18 Å². The van der Waals surface area contributed by atoms with Crippen molar-refractivity contribution >= 4 is 22.0 Å². The lowest BCUT2D eigenvalue weighted by Crippen LogP contribution is -2.36. The standard InChI is InChI=1S/C14H15BrFN3O2/c1-9-5-12(18-21-9)8-19(2)14(20)17-7-10-6-11(15)3-4-13(10)16/h3-6H,7-8H2,1-2H3,(H,17,20). The average molecular weight is 356 g/mol. The number of nitrogens with zero attached hydrogens (tertiary/aromatic N) is 2. The molecule has 0 aliphatic rings. The first-order chi connectivity index (χ1) is 9.95. The van der Waals surface area contributed by atoms with Crippen LogP contribution >= 0.6 is 15.9 Å². The molecule has 5 nitrogen and oxygen atoms in total. The van der Waals surface area contributed by atoms with Gasteiger partial charge in [-0.2, -0.15) is 0 Å². The van der Waals surface area contributed by atoms with E-state index >= 15 is 0 Å². The lowest BCUT2D eigenvalue weighted by molar-refractivity contribution is 0.205. The van der Waals surface area contributed by atoms with Gasteiger partial charge in [-0.15, -0.1) is 0 Å². The number of carbonyl (C=O) groups excluding carboxylic acids is 1. The molecule has 0 saturated heterocycles. The number of rotatable bonds is 4. The van der Waals surface area contributed by atoms with Gasteiger partial charge in [0.05, 0.1) is 6.54 Å². The maximum atomic E-state index is 13.6. The van der Waals surface area contributed by atoms with Crippen LogP contribution in [0.25, 0.3) is 0 Å². The second-order valence-electron chi connectivity index (χ2n) is 4.68. The normalized spacial score (nSPS) is 10.5. The Bertz CT molecular complexity index is 645. The first-order valence-corrected chi connectivity index (χ1v) is 7.10. The average Bonchev–Trinajstić information content (AvgIpc) is 2.84. The Hall–Kier alpha value is -1.89. The molecule has 0 aliphatic carbocycles. The third-order valence-corrected chi connectivity index (χ3v) is 3.35. The highest BCUT2D eigenvalue weighted by Crippen LogP contribution is 2.15. The van der Waals surface area contributed by atoms with Crippen LogP contribution in [-0.2, 0) is 13.1 Å². The Morgan fingerprint density at radius 2 is 2.24 bits per heavy atom. The van der Waals surface area contributed by atoms with E-state index in [9.17, 15) is 9.18 Å². The molecule has 0 atom stereocenters. The zero-order valence-corrected chi connectivity index (χ0v) is 13.3. The number of nitrogens with one attached hydrogen (secondary N) is 1. The zero-order valence-electron chi connectivity index (χ0n) is 11.7. The number of hydrogen-bond donors (Lipinski definition) is 1. The fourth-order valence-corrected chi connectivity index (χ4v) is 2.20. The molecule has 1 N–H and O–H groups in total. The van der Waals surface area contributed by atoms with Crippen molar-refractivity contribution in [1.82, 2.24) is 15.4 Å². The van der Waals surface area contributed by atoms with Gasteiger partial charge in [0.15, 0.2) is 0 Å². The number of halogens is 2. The summed E-state index contributed by atoms with van der Waals surface area (Å²) < 4.78 is 19.3. The predicted octanol–water partition coefficient (Wildman–Crippen LogP) is 3.23. The molecule has 1 aromatic heterocycles. The Kier molecular flexibility index (Phi) is 4.95. The summed E-state index contributed by atoms with van der Waals surface area (Å²) in [4.78, 5) is 13.4. The number of aryl methyl sites for hydroxylation is 1. The van der Waals surface area contributed by atoms with E-state index in [1.54, 1.807) is 32.2 Å². The summed E-state index contributed by atoms with van der Waals surface area (Å²) >= 11 is 3.27. The molecule has 0 saturated carbocycles. The van der Waals surface area contributed by atoms with Crippen LogP contribution in [0.2, 0.25) is 0 Å². The minimum atomic E-state index is -0.353. The monoisotopic (exact) mass is 355 g/mol. The maximum absolute atomic E-state index is 13.6. The van der Waals surface area contributed by atoms with Gasteiger partial charge in [0.2, 0.25) is 0 Å².